The van der Waals surface area contributed by atoms with E-state index in [4.69, 9.17) is 0 Å². The van der Waals surface area contributed by atoms with E-state index in [0.717, 1.165) is 6.54 Å². The number of rotatable bonds is 4. The number of nitrogens with one attached hydrogen (secondary N) is 1. The van der Waals surface area contributed by atoms with Crippen molar-refractivity contribution in [3.63, 3.8) is 0 Å². The molecule has 0 unspecified atom stereocenters. The molecule has 1 aromatic rings. The molecule has 0 bridgehead atoms. The van der Waals surface area contributed by atoms with Gasteiger partial charge in [0.25, 0.3) is 0 Å². The topological polar surface area (TPSA) is 12.0 Å². The van der Waals surface area contributed by atoms with Crippen LogP contribution in [0.4, 0.5) is 0 Å². The number of fused-ring (bicyclic) bond motifs is 1. The molecule has 0 atom stereocenters. The van der Waals surface area contributed by atoms with Gasteiger partial charge >= 0.3 is 0 Å². The Morgan fingerprint density at radius 2 is 1.96 bits per heavy atom. The molecule has 2 aliphatic rings. The van der Waals surface area contributed by atoms with Gasteiger partial charge in [0.1, 0.15) is 0 Å². The van der Waals surface area contributed by atoms with Gasteiger partial charge < -0.3 is 5.32 Å². The van der Waals surface area contributed by atoms with Gasteiger partial charge in [-0.1, -0.05) is 26.0 Å². The van der Waals surface area contributed by atoms with Crippen LogP contribution in [-0.2, 0) is 12.8 Å². The first-order valence-corrected chi connectivity index (χ1v) is 9.91. The largest absolute Gasteiger partial charge is 0.316 e. The highest BCUT2D eigenvalue weighted by Crippen LogP contribution is 2.47. The van der Waals surface area contributed by atoms with Crippen molar-refractivity contribution in [2.45, 2.75) is 65.7 Å². The predicted octanol–water partition coefficient (Wildman–Crippen LogP) is 5.84. The molecule has 1 N–H and O–H groups in total. The molecule has 23 heavy (non-hydrogen) atoms. The lowest BCUT2D eigenvalue weighted by molar-refractivity contribution is 0.317. The van der Waals surface area contributed by atoms with Crippen molar-refractivity contribution in [1.29, 1.82) is 0 Å². The van der Waals surface area contributed by atoms with Gasteiger partial charge in [0.2, 0.25) is 0 Å². The number of likely N-dealkylation sites (N-methyl/N-ethyl adjacent to an activating group) is 1. The number of hydrogen-bond acceptors (Lipinski definition) is 2. The lowest BCUT2D eigenvalue weighted by Crippen LogP contribution is -2.21. The number of hydrogen-bond donors (Lipinski definition) is 1. The van der Waals surface area contributed by atoms with Crippen LogP contribution in [0.1, 0.15) is 73.8 Å². The molecule has 1 heterocycles. The fraction of sp³-hybridized carbons (Fsp3) is 0.619. The van der Waals surface area contributed by atoms with Crippen LogP contribution in [0.2, 0.25) is 0 Å². The van der Waals surface area contributed by atoms with Crippen LogP contribution in [-0.4, -0.2) is 13.6 Å². The van der Waals surface area contributed by atoms with E-state index in [1.807, 2.05) is 0 Å². The van der Waals surface area contributed by atoms with Gasteiger partial charge in [-0.05, 0) is 86.6 Å². The second kappa shape index (κ2) is 6.57. The van der Waals surface area contributed by atoms with Gasteiger partial charge in [0.15, 0.2) is 0 Å². The monoisotopic (exact) mass is 329 g/mol. The van der Waals surface area contributed by atoms with Gasteiger partial charge in [0.05, 0.1) is 0 Å². The summed E-state index contributed by atoms with van der Waals surface area (Å²) < 4.78 is 0. The first kappa shape index (κ1) is 17.0. The fourth-order valence-corrected chi connectivity index (χ4v) is 5.75. The highest BCUT2D eigenvalue weighted by Gasteiger charge is 2.31. The van der Waals surface area contributed by atoms with Crippen molar-refractivity contribution < 1.29 is 0 Å². The maximum absolute atomic E-state index is 4.35. The number of allylic oxidation sites excluding steroid dienone is 2. The lowest BCUT2D eigenvalue weighted by atomic mass is 9.75. The number of thiophene rings is 1. The van der Waals surface area contributed by atoms with E-state index in [1.165, 1.54) is 56.1 Å². The van der Waals surface area contributed by atoms with E-state index in [2.05, 4.69) is 51.1 Å². The summed E-state index contributed by atoms with van der Waals surface area (Å²) >= 11 is 2.08. The van der Waals surface area contributed by atoms with Gasteiger partial charge in [-0.3, -0.25) is 0 Å². The minimum atomic E-state index is 0.435. The zero-order chi connectivity index (χ0) is 16.6. The van der Waals surface area contributed by atoms with Crippen molar-refractivity contribution in [3.05, 3.63) is 33.0 Å². The summed E-state index contributed by atoms with van der Waals surface area (Å²) in [6, 6.07) is 0. The Balaban J connectivity index is 2.13. The van der Waals surface area contributed by atoms with E-state index in [1.54, 1.807) is 26.5 Å². The summed E-state index contributed by atoms with van der Waals surface area (Å²) in [6.45, 7) is 12.4. The van der Waals surface area contributed by atoms with Crippen molar-refractivity contribution in [3.8, 4) is 0 Å². The van der Waals surface area contributed by atoms with Crippen molar-refractivity contribution >= 4 is 22.5 Å². The average molecular weight is 330 g/mol. The Morgan fingerprint density at radius 3 is 2.65 bits per heavy atom. The Hall–Kier alpha value is -0.860. The molecule has 0 aromatic carbocycles. The molecule has 0 amide bonds. The normalized spacial score (nSPS) is 20.5. The molecular formula is C21H31NS. The van der Waals surface area contributed by atoms with E-state index in [9.17, 15) is 0 Å². The quantitative estimate of drug-likeness (QED) is 0.731. The molecule has 0 radical (unpaired) electrons. The van der Waals surface area contributed by atoms with Crippen LogP contribution in [0.25, 0.3) is 11.1 Å². The number of aryl methyl sites for hydroxylation is 1. The zero-order valence-electron chi connectivity index (χ0n) is 15.3. The van der Waals surface area contributed by atoms with Crippen LogP contribution >= 0.6 is 11.3 Å². The van der Waals surface area contributed by atoms with Gasteiger partial charge in [-0.2, -0.15) is 0 Å². The molecule has 126 valence electrons. The fourth-order valence-electron chi connectivity index (χ4n) is 4.23. The third-order valence-electron chi connectivity index (χ3n) is 5.45. The van der Waals surface area contributed by atoms with Crippen LogP contribution in [0.15, 0.2) is 12.2 Å². The summed E-state index contributed by atoms with van der Waals surface area (Å²) in [6.07, 6.45) is 8.99. The van der Waals surface area contributed by atoms with Crippen LogP contribution in [0, 0.1) is 5.41 Å². The van der Waals surface area contributed by atoms with Crippen molar-refractivity contribution in [2.75, 3.05) is 13.6 Å². The molecule has 0 saturated heterocycles. The Labute approximate surface area is 145 Å². The molecule has 1 nitrogen and oxygen atoms in total. The summed E-state index contributed by atoms with van der Waals surface area (Å²) in [5.41, 5.74) is 8.10. The standard InChI is InChI=1S/C21H31NS/c1-14(2)19-17-12-21(3,4)11-10-18(17)23-20(19)16-9-7-6-8-15(16)13-22-5/h22H,1,6-13H2,2-5H3. The molecule has 1 aromatic heterocycles. The molecule has 0 spiro atoms. The maximum atomic E-state index is 4.35. The summed E-state index contributed by atoms with van der Waals surface area (Å²) in [4.78, 5) is 3.20. The zero-order valence-corrected chi connectivity index (χ0v) is 16.1. The third-order valence-corrected chi connectivity index (χ3v) is 6.80. The van der Waals surface area contributed by atoms with Crippen molar-refractivity contribution in [2.24, 2.45) is 5.41 Å². The highest BCUT2D eigenvalue weighted by atomic mass is 32.1. The smallest absolute Gasteiger partial charge is 0.0383 e. The van der Waals surface area contributed by atoms with E-state index in [-0.39, 0.29) is 0 Å². The van der Waals surface area contributed by atoms with Gasteiger partial charge in [0, 0.05) is 16.3 Å². The molecule has 2 aliphatic carbocycles. The van der Waals surface area contributed by atoms with E-state index in [0.29, 0.717) is 5.41 Å². The lowest BCUT2D eigenvalue weighted by Gasteiger charge is -2.30. The van der Waals surface area contributed by atoms with E-state index < -0.39 is 0 Å². The highest BCUT2D eigenvalue weighted by molar-refractivity contribution is 7.13. The van der Waals surface area contributed by atoms with Crippen LogP contribution < -0.4 is 5.32 Å². The van der Waals surface area contributed by atoms with E-state index >= 15 is 0 Å². The summed E-state index contributed by atoms with van der Waals surface area (Å²) in [7, 11) is 2.07. The second-order valence-corrected chi connectivity index (χ2v) is 9.25. The molecule has 0 fully saturated rings. The molecule has 0 saturated carbocycles. The molecular weight excluding hydrogens is 298 g/mol. The summed E-state index contributed by atoms with van der Waals surface area (Å²) in [5, 5.41) is 3.39. The minimum Gasteiger partial charge on any atom is -0.316 e. The SMILES string of the molecule is C=C(C)c1c(C2=C(CNC)CCCC2)sc2c1CC(C)(C)CC2. The first-order valence-electron chi connectivity index (χ1n) is 9.09. The van der Waals surface area contributed by atoms with Crippen molar-refractivity contribution in [1.82, 2.24) is 5.32 Å². The second-order valence-electron chi connectivity index (χ2n) is 8.15. The molecule has 3 rings (SSSR count). The Morgan fingerprint density at radius 1 is 1.22 bits per heavy atom. The third kappa shape index (κ3) is 3.34. The maximum Gasteiger partial charge on any atom is 0.0383 e. The van der Waals surface area contributed by atoms with Gasteiger partial charge in [-0.15, -0.1) is 11.3 Å². The average Bonchev–Trinajstić information content (AvgIpc) is 2.85. The van der Waals surface area contributed by atoms with Gasteiger partial charge in [-0.25, -0.2) is 0 Å². The van der Waals surface area contributed by atoms with Crippen LogP contribution in [0.5, 0.6) is 0 Å². The Kier molecular flexibility index (Phi) is 4.85. The minimum absolute atomic E-state index is 0.435. The van der Waals surface area contributed by atoms with Crippen LogP contribution in [0.3, 0.4) is 0 Å². The summed E-state index contributed by atoms with van der Waals surface area (Å²) in [5.74, 6) is 0. The molecule has 2 heteroatoms. The predicted molar refractivity (Wildman–Crippen MR) is 104 cm³/mol. The Bertz CT molecular complexity index is 645. The molecule has 0 aliphatic heterocycles. The first-order chi connectivity index (χ1) is 10.9.